The van der Waals surface area contributed by atoms with Gasteiger partial charge in [-0.05, 0) is 37.0 Å². The number of carbonyl (C=O) groups is 1. The number of amides is 1. The van der Waals surface area contributed by atoms with Crippen molar-refractivity contribution < 1.29 is 14.3 Å². The van der Waals surface area contributed by atoms with Crippen molar-refractivity contribution in [3.63, 3.8) is 0 Å². The molecular formula is C20H23N3O3. The van der Waals surface area contributed by atoms with E-state index in [1.807, 2.05) is 4.90 Å². The van der Waals surface area contributed by atoms with Crippen LogP contribution >= 0.6 is 0 Å². The van der Waals surface area contributed by atoms with Gasteiger partial charge in [-0.3, -0.25) is 4.79 Å². The van der Waals surface area contributed by atoms with Crippen LogP contribution in [0.15, 0.2) is 24.5 Å². The van der Waals surface area contributed by atoms with Crippen molar-refractivity contribution in [3.8, 4) is 11.5 Å². The Bertz CT molecular complexity index is 833. The van der Waals surface area contributed by atoms with E-state index in [1.54, 1.807) is 38.7 Å². The highest BCUT2D eigenvalue weighted by molar-refractivity contribution is 5.97. The van der Waals surface area contributed by atoms with Crippen LogP contribution in [0.2, 0.25) is 0 Å². The zero-order valence-electron chi connectivity index (χ0n) is 15.2. The van der Waals surface area contributed by atoms with Gasteiger partial charge in [-0.15, -0.1) is 0 Å². The van der Waals surface area contributed by atoms with Gasteiger partial charge < -0.3 is 14.4 Å². The summed E-state index contributed by atoms with van der Waals surface area (Å²) in [6.07, 6.45) is 5.69. The van der Waals surface area contributed by atoms with E-state index in [0.717, 1.165) is 18.5 Å². The fourth-order valence-corrected chi connectivity index (χ4v) is 3.61. The van der Waals surface area contributed by atoms with E-state index < -0.39 is 0 Å². The Balaban J connectivity index is 1.56. The fraction of sp³-hybridized carbons (Fsp3) is 0.450. The molecule has 6 nitrogen and oxygen atoms in total. The van der Waals surface area contributed by atoms with Crippen molar-refractivity contribution >= 4 is 5.91 Å². The predicted octanol–water partition coefficient (Wildman–Crippen LogP) is 2.61. The highest BCUT2D eigenvalue weighted by Crippen LogP contribution is 2.41. The molecule has 26 heavy (non-hydrogen) atoms. The van der Waals surface area contributed by atoms with Gasteiger partial charge in [-0.25, -0.2) is 9.97 Å². The van der Waals surface area contributed by atoms with Gasteiger partial charge in [0.2, 0.25) is 0 Å². The Kier molecular flexibility index (Phi) is 4.49. The van der Waals surface area contributed by atoms with Gasteiger partial charge in [0.25, 0.3) is 5.91 Å². The molecule has 136 valence electrons. The predicted molar refractivity (Wildman–Crippen MR) is 96.9 cm³/mol. The molecule has 2 heterocycles. The van der Waals surface area contributed by atoms with Crippen LogP contribution in [0.5, 0.6) is 11.5 Å². The summed E-state index contributed by atoms with van der Waals surface area (Å²) in [5.74, 6) is 1.79. The maximum absolute atomic E-state index is 13.1. The number of hydrogen-bond acceptors (Lipinski definition) is 5. The van der Waals surface area contributed by atoms with Crippen LogP contribution in [0.25, 0.3) is 0 Å². The second-order valence-electron chi connectivity index (χ2n) is 6.82. The first-order valence-electron chi connectivity index (χ1n) is 9.05. The van der Waals surface area contributed by atoms with Crippen LogP contribution in [-0.2, 0) is 12.8 Å². The number of benzene rings is 1. The molecule has 1 amide bonds. The van der Waals surface area contributed by atoms with Gasteiger partial charge in [0.05, 0.1) is 25.5 Å². The van der Waals surface area contributed by atoms with E-state index in [2.05, 4.69) is 9.97 Å². The molecule has 0 atom stereocenters. The van der Waals surface area contributed by atoms with Crippen molar-refractivity contribution in [2.24, 2.45) is 0 Å². The van der Waals surface area contributed by atoms with Gasteiger partial charge in [0, 0.05) is 37.2 Å². The van der Waals surface area contributed by atoms with Gasteiger partial charge in [0.1, 0.15) is 17.8 Å². The normalized spacial score (nSPS) is 16.6. The van der Waals surface area contributed by atoms with Crippen LogP contribution in [0, 0.1) is 0 Å². The molecule has 4 rings (SSSR count). The first-order chi connectivity index (χ1) is 12.7. The number of methoxy groups -OCH3 is 2. The lowest BCUT2D eigenvalue weighted by Crippen LogP contribution is -2.33. The first kappa shape index (κ1) is 16.8. The molecule has 1 aromatic heterocycles. The van der Waals surface area contributed by atoms with Crippen LogP contribution in [0.1, 0.15) is 46.1 Å². The van der Waals surface area contributed by atoms with Crippen molar-refractivity contribution in [2.75, 3.05) is 27.3 Å². The lowest BCUT2D eigenvalue weighted by molar-refractivity contribution is 0.0759. The summed E-state index contributed by atoms with van der Waals surface area (Å²) in [7, 11) is 3.17. The van der Waals surface area contributed by atoms with Crippen molar-refractivity contribution in [2.45, 2.75) is 31.6 Å². The van der Waals surface area contributed by atoms with Crippen LogP contribution < -0.4 is 9.47 Å². The second kappa shape index (κ2) is 6.94. The third-order valence-electron chi connectivity index (χ3n) is 5.21. The summed E-state index contributed by atoms with van der Waals surface area (Å²) in [6, 6.07) is 5.31. The summed E-state index contributed by atoms with van der Waals surface area (Å²) in [5, 5.41) is 0. The first-order valence-corrected chi connectivity index (χ1v) is 9.05. The molecule has 0 bridgehead atoms. The smallest absolute Gasteiger partial charge is 0.257 e. The zero-order chi connectivity index (χ0) is 18.1. The standard InChI is InChI=1S/C20H23N3O3/c1-25-14-5-6-16(18(11-14)26-2)20(24)23-9-7-15-17(8-10-23)21-12-22-19(15)13-3-4-13/h5-6,11-13H,3-4,7-10H2,1-2H3. The molecule has 1 fully saturated rings. The molecule has 0 radical (unpaired) electrons. The van der Waals surface area contributed by atoms with Crippen molar-refractivity contribution in [3.05, 3.63) is 47.0 Å². The number of fused-ring (bicyclic) bond motifs is 1. The Hall–Kier alpha value is -2.63. The molecule has 6 heteroatoms. The molecule has 1 aliphatic carbocycles. The molecule has 1 aliphatic heterocycles. The third-order valence-corrected chi connectivity index (χ3v) is 5.21. The van der Waals surface area contributed by atoms with E-state index in [0.29, 0.717) is 36.1 Å². The minimum absolute atomic E-state index is 0.0155. The summed E-state index contributed by atoms with van der Waals surface area (Å²) in [4.78, 5) is 24.0. The van der Waals surface area contributed by atoms with E-state index in [-0.39, 0.29) is 5.91 Å². The molecule has 1 saturated carbocycles. The lowest BCUT2D eigenvalue weighted by atomic mass is 10.0. The maximum Gasteiger partial charge on any atom is 0.257 e. The Labute approximate surface area is 153 Å². The third kappa shape index (κ3) is 3.11. The minimum Gasteiger partial charge on any atom is -0.497 e. The summed E-state index contributed by atoms with van der Waals surface area (Å²) in [5.41, 5.74) is 4.12. The SMILES string of the molecule is COc1ccc(C(=O)N2CCc3ncnc(C4CC4)c3CC2)c(OC)c1. The highest BCUT2D eigenvalue weighted by Gasteiger charge is 2.31. The number of hydrogen-bond donors (Lipinski definition) is 0. The number of rotatable bonds is 4. The number of ether oxygens (including phenoxy) is 2. The van der Waals surface area contributed by atoms with E-state index in [1.165, 1.54) is 24.1 Å². The number of nitrogens with zero attached hydrogens (tertiary/aromatic N) is 3. The minimum atomic E-state index is -0.0155. The van der Waals surface area contributed by atoms with Crippen LogP contribution in [0.4, 0.5) is 0 Å². The van der Waals surface area contributed by atoms with Gasteiger partial charge in [-0.1, -0.05) is 0 Å². The van der Waals surface area contributed by atoms with E-state index in [4.69, 9.17) is 9.47 Å². The Morgan fingerprint density at radius 2 is 1.92 bits per heavy atom. The molecule has 2 aromatic rings. The monoisotopic (exact) mass is 353 g/mol. The molecule has 0 saturated heterocycles. The van der Waals surface area contributed by atoms with Gasteiger partial charge in [0.15, 0.2) is 0 Å². The Morgan fingerprint density at radius 3 is 2.65 bits per heavy atom. The van der Waals surface area contributed by atoms with Gasteiger partial charge in [-0.2, -0.15) is 0 Å². The number of carbonyl (C=O) groups excluding carboxylic acids is 1. The molecule has 1 aromatic carbocycles. The molecule has 0 unspecified atom stereocenters. The zero-order valence-corrected chi connectivity index (χ0v) is 15.2. The Morgan fingerprint density at radius 1 is 1.12 bits per heavy atom. The van der Waals surface area contributed by atoms with E-state index >= 15 is 0 Å². The number of aromatic nitrogens is 2. The average Bonchev–Trinajstić information content (AvgIpc) is 3.53. The van der Waals surface area contributed by atoms with Crippen molar-refractivity contribution in [1.29, 1.82) is 0 Å². The lowest BCUT2D eigenvalue weighted by Gasteiger charge is -2.21. The van der Waals surface area contributed by atoms with Gasteiger partial charge >= 0.3 is 0 Å². The summed E-state index contributed by atoms with van der Waals surface area (Å²) < 4.78 is 10.6. The summed E-state index contributed by atoms with van der Waals surface area (Å²) >= 11 is 0. The summed E-state index contributed by atoms with van der Waals surface area (Å²) in [6.45, 7) is 1.33. The molecule has 0 spiro atoms. The van der Waals surface area contributed by atoms with Crippen LogP contribution in [0.3, 0.4) is 0 Å². The topological polar surface area (TPSA) is 64.5 Å². The molecule has 0 N–H and O–H groups in total. The molecular weight excluding hydrogens is 330 g/mol. The molecule has 2 aliphatic rings. The van der Waals surface area contributed by atoms with Crippen molar-refractivity contribution in [1.82, 2.24) is 14.9 Å². The van der Waals surface area contributed by atoms with Crippen LogP contribution in [-0.4, -0.2) is 48.1 Å². The second-order valence-corrected chi connectivity index (χ2v) is 6.82. The quantitative estimate of drug-likeness (QED) is 0.845. The average molecular weight is 353 g/mol. The fourth-order valence-electron chi connectivity index (χ4n) is 3.61. The highest BCUT2D eigenvalue weighted by atomic mass is 16.5. The van der Waals surface area contributed by atoms with E-state index in [9.17, 15) is 4.79 Å². The maximum atomic E-state index is 13.1. The largest absolute Gasteiger partial charge is 0.497 e.